The van der Waals surface area contributed by atoms with E-state index in [0.29, 0.717) is 6.04 Å². The van der Waals surface area contributed by atoms with E-state index in [-0.39, 0.29) is 0 Å². The van der Waals surface area contributed by atoms with E-state index in [0.717, 1.165) is 63.8 Å². The number of nitrogens with zero attached hydrogens (tertiary/aromatic N) is 5. The highest BCUT2D eigenvalue weighted by atomic mass is 16.5. The molecule has 6 heteroatoms. The van der Waals surface area contributed by atoms with Gasteiger partial charge in [-0.3, -0.25) is 4.90 Å². The van der Waals surface area contributed by atoms with Gasteiger partial charge < -0.3 is 14.3 Å². The first-order valence-corrected chi connectivity index (χ1v) is 8.66. The van der Waals surface area contributed by atoms with Gasteiger partial charge in [-0.15, -0.1) is 0 Å². The number of hydrogen-bond acceptors (Lipinski definition) is 6. The average molecular weight is 307 g/mol. The summed E-state index contributed by atoms with van der Waals surface area (Å²) in [4.78, 5) is 11.9. The van der Waals surface area contributed by atoms with Crippen LogP contribution in [-0.4, -0.2) is 78.2 Å². The summed E-state index contributed by atoms with van der Waals surface area (Å²) < 4.78 is 5.56. The lowest BCUT2D eigenvalue weighted by molar-refractivity contribution is 0.154. The highest BCUT2D eigenvalue weighted by molar-refractivity contribution is 4.95. The maximum Gasteiger partial charge on any atom is 0.243 e. The van der Waals surface area contributed by atoms with Gasteiger partial charge in [0.1, 0.15) is 0 Å². The molecule has 0 N–H and O–H groups in total. The summed E-state index contributed by atoms with van der Waals surface area (Å²) in [5, 5.41) is 4.21. The fourth-order valence-electron chi connectivity index (χ4n) is 3.40. The Labute approximate surface area is 133 Å². The monoisotopic (exact) mass is 307 g/mol. The first-order chi connectivity index (χ1) is 10.7. The van der Waals surface area contributed by atoms with Crippen LogP contribution in [0.5, 0.6) is 0 Å². The molecule has 3 rings (SSSR count). The summed E-state index contributed by atoms with van der Waals surface area (Å²) in [5.74, 6) is 1.68. The molecule has 1 atom stereocenters. The number of piperazine rings is 1. The van der Waals surface area contributed by atoms with Crippen molar-refractivity contribution in [3.05, 3.63) is 11.7 Å². The van der Waals surface area contributed by atoms with Crippen LogP contribution in [0.25, 0.3) is 0 Å². The predicted molar refractivity (Wildman–Crippen MR) is 85.8 cm³/mol. The van der Waals surface area contributed by atoms with Crippen LogP contribution in [0.4, 0.5) is 0 Å². The van der Waals surface area contributed by atoms with E-state index in [1.807, 2.05) is 0 Å². The van der Waals surface area contributed by atoms with Gasteiger partial charge in [-0.2, -0.15) is 4.98 Å². The van der Waals surface area contributed by atoms with E-state index in [4.69, 9.17) is 4.52 Å². The molecular formula is C16H29N5O. The topological polar surface area (TPSA) is 48.6 Å². The molecule has 2 saturated heterocycles. The molecule has 2 fully saturated rings. The molecule has 0 aliphatic carbocycles. The molecule has 22 heavy (non-hydrogen) atoms. The normalized spacial score (nSPS) is 26.2. The zero-order valence-electron chi connectivity index (χ0n) is 14.0. The molecule has 6 nitrogen and oxygen atoms in total. The van der Waals surface area contributed by atoms with Gasteiger partial charge in [0.2, 0.25) is 5.89 Å². The third kappa shape index (κ3) is 4.06. The quantitative estimate of drug-likeness (QED) is 0.838. The molecule has 0 spiro atoms. The fourth-order valence-corrected chi connectivity index (χ4v) is 3.40. The minimum Gasteiger partial charge on any atom is -0.338 e. The first kappa shape index (κ1) is 15.9. The van der Waals surface area contributed by atoms with E-state index in [1.54, 1.807) is 0 Å². The largest absolute Gasteiger partial charge is 0.338 e. The predicted octanol–water partition coefficient (Wildman–Crippen LogP) is 1.41. The average Bonchev–Trinajstić information content (AvgIpc) is 2.88. The lowest BCUT2D eigenvalue weighted by Gasteiger charge is -2.31. The van der Waals surface area contributed by atoms with Crippen molar-refractivity contribution < 1.29 is 4.52 Å². The Morgan fingerprint density at radius 2 is 1.86 bits per heavy atom. The van der Waals surface area contributed by atoms with Gasteiger partial charge in [0.15, 0.2) is 5.82 Å². The summed E-state index contributed by atoms with van der Waals surface area (Å²) in [6.45, 7) is 6.77. The van der Waals surface area contributed by atoms with Crippen LogP contribution >= 0.6 is 0 Å². The van der Waals surface area contributed by atoms with Crippen molar-refractivity contribution in [2.75, 3.05) is 53.4 Å². The Morgan fingerprint density at radius 3 is 2.68 bits per heavy atom. The van der Waals surface area contributed by atoms with E-state index < -0.39 is 0 Å². The van der Waals surface area contributed by atoms with Crippen molar-refractivity contribution in [2.24, 2.45) is 0 Å². The Kier molecular flexibility index (Phi) is 5.44. The van der Waals surface area contributed by atoms with Crippen LogP contribution in [-0.2, 0) is 6.42 Å². The van der Waals surface area contributed by atoms with Crippen LogP contribution in [0.2, 0.25) is 0 Å². The van der Waals surface area contributed by atoms with Gasteiger partial charge in [-0.05, 0) is 33.5 Å². The molecule has 0 amide bonds. The van der Waals surface area contributed by atoms with Gasteiger partial charge in [0.05, 0.1) is 6.04 Å². The second-order valence-corrected chi connectivity index (χ2v) is 6.79. The fraction of sp³-hybridized carbons (Fsp3) is 0.875. The minimum atomic E-state index is 0.312. The highest BCUT2D eigenvalue weighted by Gasteiger charge is 2.25. The Bertz CT molecular complexity index is 455. The summed E-state index contributed by atoms with van der Waals surface area (Å²) in [5.41, 5.74) is 0. The minimum absolute atomic E-state index is 0.312. The SMILES string of the molecule is CN1CCN(CCc2noc([C@@H]3CCCCCN3C)n2)CC1. The molecule has 1 aromatic rings. The van der Waals surface area contributed by atoms with Gasteiger partial charge in [-0.1, -0.05) is 18.0 Å². The van der Waals surface area contributed by atoms with E-state index in [1.165, 1.54) is 19.3 Å². The molecular weight excluding hydrogens is 278 g/mol. The van der Waals surface area contributed by atoms with Crippen molar-refractivity contribution in [2.45, 2.75) is 38.1 Å². The van der Waals surface area contributed by atoms with E-state index >= 15 is 0 Å². The molecule has 2 aliphatic heterocycles. The Balaban J connectivity index is 1.52. The summed E-state index contributed by atoms with van der Waals surface area (Å²) in [7, 11) is 4.36. The second-order valence-electron chi connectivity index (χ2n) is 6.79. The highest BCUT2D eigenvalue weighted by Crippen LogP contribution is 2.27. The van der Waals surface area contributed by atoms with Crippen LogP contribution < -0.4 is 0 Å². The lowest BCUT2D eigenvalue weighted by atomic mass is 10.1. The molecule has 1 aromatic heterocycles. The maximum absolute atomic E-state index is 5.56. The summed E-state index contributed by atoms with van der Waals surface area (Å²) >= 11 is 0. The van der Waals surface area contributed by atoms with Gasteiger partial charge in [-0.25, -0.2) is 0 Å². The summed E-state index contributed by atoms with van der Waals surface area (Å²) in [6.07, 6.45) is 5.87. The smallest absolute Gasteiger partial charge is 0.243 e. The van der Waals surface area contributed by atoms with Gasteiger partial charge >= 0.3 is 0 Å². The number of aromatic nitrogens is 2. The number of hydrogen-bond donors (Lipinski definition) is 0. The van der Waals surface area contributed by atoms with Crippen LogP contribution in [0.15, 0.2) is 4.52 Å². The second kappa shape index (κ2) is 7.53. The molecule has 0 aromatic carbocycles. The van der Waals surface area contributed by atoms with Crippen LogP contribution in [0.1, 0.15) is 43.4 Å². The third-order valence-electron chi connectivity index (χ3n) is 5.04. The molecule has 0 bridgehead atoms. The summed E-state index contributed by atoms with van der Waals surface area (Å²) in [6, 6.07) is 0.312. The zero-order chi connectivity index (χ0) is 15.4. The van der Waals surface area contributed by atoms with Crippen LogP contribution in [0, 0.1) is 0 Å². The molecule has 0 saturated carbocycles. The van der Waals surface area contributed by atoms with E-state index in [2.05, 4.69) is 38.9 Å². The first-order valence-electron chi connectivity index (χ1n) is 8.66. The lowest BCUT2D eigenvalue weighted by Crippen LogP contribution is -2.45. The molecule has 0 unspecified atom stereocenters. The standard InChI is InChI=1S/C16H29N5O/c1-19-10-12-21(13-11-19)9-7-15-17-16(22-18-15)14-6-4-3-5-8-20(14)2/h14H,3-13H2,1-2H3/t14-/m0/s1. The van der Waals surface area contributed by atoms with Crippen molar-refractivity contribution in [1.82, 2.24) is 24.8 Å². The van der Waals surface area contributed by atoms with Gasteiger partial charge in [0, 0.05) is 39.1 Å². The molecule has 124 valence electrons. The zero-order valence-corrected chi connectivity index (χ0v) is 14.0. The molecule has 0 radical (unpaired) electrons. The van der Waals surface area contributed by atoms with Crippen molar-refractivity contribution >= 4 is 0 Å². The Morgan fingerprint density at radius 1 is 1.05 bits per heavy atom. The molecule has 2 aliphatic rings. The van der Waals surface area contributed by atoms with Crippen molar-refractivity contribution in [3.8, 4) is 0 Å². The molecule has 3 heterocycles. The number of likely N-dealkylation sites (N-methyl/N-ethyl adjacent to an activating group) is 1. The third-order valence-corrected chi connectivity index (χ3v) is 5.04. The maximum atomic E-state index is 5.56. The van der Waals surface area contributed by atoms with Crippen molar-refractivity contribution in [1.29, 1.82) is 0 Å². The van der Waals surface area contributed by atoms with Crippen molar-refractivity contribution in [3.63, 3.8) is 0 Å². The number of likely N-dealkylation sites (tertiary alicyclic amines) is 1. The van der Waals surface area contributed by atoms with E-state index in [9.17, 15) is 0 Å². The van der Waals surface area contributed by atoms with Gasteiger partial charge in [0.25, 0.3) is 0 Å². The van der Waals surface area contributed by atoms with Crippen LogP contribution in [0.3, 0.4) is 0 Å². The number of rotatable bonds is 4. The Hall–Kier alpha value is -0.980.